The highest BCUT2D eigenvalue weighted by Crippen LogP contribution is 2.40. The van der Waals surface area contributed by atoms with E-state index in [1.807, 2.05) is 13.8 Å². The predicted molar refractivity (Wildman–Crippen MR) is 87.9 cm³/mol. The summed E-state index contributed by atoms with van der Waals surface area (Å²) in [7, 11) is 0. The van der Waals surface area contributed by atoms with Crippen molar-refractivity contribution in [3.05, 3.63) is 54.1 Å². The highest BCUT2D eigenvalue weighted by molar-refractivity contribution is 6.23. The molecule has 0 unspecified atom stereocenters. The molecule has 5 aromatic rings. The van der Waals surface area contributed by atoms with Crippen molar-refractivity contribution in [2.75, 3.05) is 0 Å². The number of hydrogen-bond donors (Lipinski definition) is 0. The molecule has 25 heavy (non-hydrogen) atoms. The van der Waals surface area contributed by atoms with Crippen LogP contribution < -0.4 is 0 Å². The fourth-order valence-corrected chi connectivity index (χ4v) is 3.32. The topological polar surface area (TPSA) is 30.2 Å². The van der Waals surface area contributed by atoms with Crippen LogP contribution in [0.25, 0.3) is 38.1 Å². The highest BCUT2D eigenvalue weighted by Gasteiger charge is 2.24. The van der Waals surface area contributed by atoms with E-state index in [9.17, 15) is 17.6 Å². The monoisotopic (exact) mass is 345 g/mol. The van der Waals surface area contributed by atoms with Crippen LogP contribution >= 0.6 is 0 Å². The minimum atomic E-state index is -1.20. The van der Waals surface area contributed by atoms with Crippen LogP contribution in [-0.2, 0) is 0 Å². The molecule has 3 nitrogen and oxygen atoms in total. The molecule has 1 aromatic carbocycles. The second-order valence-corrected chi connectivity index (χ2v) is 5.28. The summed E-state index contributed by atoms with van der Waals surface area (Å²) in [5.41, 5.74) is 1.03. The number of fused-ring (bicyclic) bond motifs is 6. The number of hydrogen-bond acceptors (Lipinski definition) is 2. The van der Waals surface area contributed by atoms with Crippen molar-refractivity contribution in [1.82, 2.24) is 14.4 Å². The van der Waals surface area contributed by atoms with Crippen molar-refractivity contribution in [2.24, 2.45) is 0 Å². The Morgan fingerprint density at radius 3 is 1.64 bits per heavy atom. The Labute approximate surface area is 138 Å². The van der Waals surface area contributed by atoms with E-state index in [1.54, 1.807) is 18.2 Å². The van der Waals surface area contributed by atoms with Crippen LogP contribution in [0.4, 0.5) is 17.6 Å². The summed E-state index contributed by atoms with van der Waals surface area (Å²) in [6.45, 7) is 4.00. The number of rotatable bonds is 0. The molecule has 0 radical (unpaired) electrons. The summed E-state index contributed by atoms with van der Waals surface area (Å²) in [4.78, 5) is 6.79. The summed E-state index contributed by atoms with van der Waals surface area (Å²) < 4.78 is 57.0. The SMILES string of the molecule is CC.Fc1ncc2c(c1F)c1cccc3c4c(F)c(F)ncc4n2c13. The van der Waals surface area contributed by atoms with Crippen LogP contribution in [0.5, 0.6) is 0 Å². The summed E-state index contributed by atoms with van der Waals surface area (Å²) in [5, 5.41) is 0.939. The summed E-state index contributed by atoms with van der Waals surface area (Å²) in [5.74, 6) is -4.54. The van der Waals surface area contributed by atoms with Gasteiger partial charge < -0.3 is 4.40 Å². The first-order valence-electron chi connectivity index (χ1n) is 7.71. The van der Waals surface area contributed by atoms with E-state index >= 15 is 0 Å². The Morgan fingerprint density at radius 1 is 0.760 bits per heavy atom. The van der Waals surface area contributed by atoms with E-state index in [0.717, 1.165) is 0 Å². The normalized spacial score (nSPS) is 11.6. The average Bonchev–Trinajstić information content (AvgIpc) is 3.15. The predicted octanol–water partition coefficient (Wildman–Crippen LogP) is 5.21. The van der Waals surface area contributed by atoms with Gasteiger partial charge in [-0.3, -0.25) is 0 Å². The second-order valence-electron chi connectivity index (χ2n) is 5.28. The van der Waals surface area contributed by atoms with Gasteiger partial charge in [-0.15, -0.1) is 0 Å². The maximum atomic E-state index is 14.2. The van der Waals surface area contributed by atoms with Gasteiger partial charge in [-0.1, -0.05) is 32.0 Å². The summed E-state index contributed by atoms with van der Waals surface area (Å²) >= 11 is 0. The molecule has 0 spiro atoms. The van der Waals surface area contributed by atoms with E-state index in [4.69, 9.17) is 0 Å². The Balaban J connectivity index is 0.000000758. The molecule has 0 aliphatic heterocycles. The van der Waals surface area contributed by atoms with E-state index in [1.165, 1.54) is 16.8 Å². The number of para-hydroxylation sites is 1. The van der Waals surface area contributed by atoms with Gasteiger partial charge in [0.25, 0.3) is 0 Å². The number of aromatic nitrogens is 3. The van der Waals surface area contributed by atoms with Gasteiger partial charge >= 0.3 is 0 Å². The summed E-state index contributed by atoms with van der Waals surface area (Å²) in [6, 6.07) is 4.80. The van der Waals surface area contributed by atoms with E-state index in [0.29, 0.717) is 16.3 Å². The first kappa shape index (κ1) is 15.6. The lowest BCUT2D eigenvalue weighted by Crippen LogP contribution is -1.93. The second kappa shape index (κ2) is 5.27. The Morgan fingerprint density at radius 2 is 1.20 bits per heavy atom. The standard InChI is InChI=1S/C16H5F4N3.C2H6/c17-12-10-6-2-1-3-7-11-9(5-22-16(20)13(11)18)23(14(6)7)8(10)4-21-15(12)19;1-2/h1-5H;1-2H3. The van der Waals surface area contributed by atoms with Gasteiger partial charge in [0.1, 0.15) is 0 Å². The van der Waals surface area contributed by atoms with Crippen LogP contribution in [0.15, 0.2) is 30.6 Å². The van der Waals surface area contributed by atoms with Crippen LogP contribution in [0.3, 0.4) is 0 Å². The molecule has 0 fully saturated rings. The van der Waals surface area contributed by atoms with Gasteiger partial charge in [-0.2, -0.15) is 8.78 Å². The van der Waals surface area contributed by atoms with Crippen molar-refractivity contribution in [1.29, 1.82) is 0 Å². The van der Waals surface area contributed by atoms with Crippen LogP contribution in [0.2, 0.25) is 0 Å². The molecule has 0 aliphatic rings. The first-order chi connectivity index (χ1) is 12.1. The van der Waals surface area contributed by atoms with Crippen molar-refractivity contribution >= 4 is 38.1 Å². The molecule has 0 saturated carbocycles. The molecule has 0 bridgehead atoms. The largest absolute Gasteiger partial charge is 0.305 e. The molecule has 0 atom stereocenters. The lowest BCUT2D eigenvalue weighted by molar-refractivity contribution is 0.487. The first-order valence-corrected chi connectivity index (χ1v) is 7.71. The molecule has 4 aromatic heterocycles. The van der Waals surface area contributed by atoms with Gasteiger partial charge in [-0.25, -0.2) is 18.7 Å². The van der Waals surface area contributed by atoms with Crippen LogP contribution in [0, 0.1) is 23.5 Å². The third-order valence-corrected chi connectivity index (χ3v) is 4.19. The molecule has 0 aliphatic carbocycles. The van der Waals surface area contributed by atoms with Crippen LogP contribution in [0.1, 0.15) is 13.8 Å². The van der Waals surface area contributed by atoms with Gasteiger partial charge in [0, 0.05) is 10.8 Å². The Hall–Kier alpha value is -2.96. The van der Waals surface area contributed by atoms with Crippen molar-refractivity contribution < 1.29 is 17.6 Å². The number of nitrogens with zero attached hydrogens (tertiary/aromatic N) is 3. The zero-order chi connectivity index (χ0) is 17.9. The molecule has 0 amide bonds. The van der Waals surface area contributed by atoms with Gasteiger partial charge in [-0.05, 0) is 0 Å². The number of pyridine rings is 2. The minimum absolute atomic E-state index is 0.0599. The fourth-order valence-electron chi connectivity index (χ4n) is 3.32. The maximum absolute atomic E-state index is 14.2. The summed E-state index contributed by atoms with van der Waals surface area (Å²) in [6.07, 6.45) is 2.35. The third kappa shape index (κ3) is 1.80. The molecular formula is C18H11F4N3. The van der Waals surface area contributed by atoms with Gasteiger partial charge in [0.15, 0.2) is 11.6 Å². The van der Waals surface area contributed by atoms with Crippen molar-refractivity contribution in [2.45, 2.75) is 13.8 Å². The van der Waals surface area contributed by atoms with E-state index < -0.39 is 23.5 Å². The average molecular weight is 345 g/mol. The maximum Gasteiger partial charge on any atom is 0.249 e. The molecule has 0 saturated heterocycles. The molecule has 0 N–H and O–H groups in total. The van der Waals surface area contributed by atoms with Gasteiger partial charge in [0.2, 0.25) is 11.9 Å². The molecule has 4 heterocycles. The zero-order valence-corrected chi connectivity index (χ0v) is 13.2. The molecule has 126 valence electrons. The van der Waals surface area contributed by atoms with Crippen molar-refractivity contribution in [3.63, 3.8) is 0 Å². The lowest BCUT2D eigenvalue weighted by Gasteiger charge is -1.99. The van der Waals surface area contributed by atoms with Crippen molar-refractivity contribution in [3.8, 4) is 0 Å². The smallest absolute Gasteiger partial charge is 0.249 e. The molecule has 5 rings (SSSR count). The molecule has 7 heteroatoms. The van der Waals surface area contributed by atoms with Crippen LogP contribution in [-0.4, -0.2) is 14.4 Å². The quantitative estimate of drug-likeness (QED) is 0.285. The fraction of sp³-hybridized carbons (Fsp3) is 0.111. The van der Waals surface area contributed by atoms with Gasteiger partial charge in [0.05, 0.1) is 39.7 Å². The van der Waals surface area contributed by atoms with E-state index in [-0.39, 0.29) is 21.8 Å². The minimum Gasteiger partial charge on any atom is -0.305 e. The zero-order valence-electron chi connectivity index (χ0n) is 13.2. The third-order valence-electron chi connectivity index (χ3n) is 4.19. The Kier molecular flexibility index (Phi) is 3.28. The molecular weight excluding hydrogens is 334 g/mol. The van der Waals surface area contributed by atoms with E-state index in [2.05, 4.69) is 9.97 Å². The highest BCUT2D eigenvalue weighted by atomic mass is 19.2. The number of halogens is 4. The lowest BCUT2D eigenvalue weighted by atomic mass is 10.1. The number of benzene rings is 1. The Bertz CT molecular complexity index is 1170.